The van der Waals surface area contributed by atoms with Gasteiger partial charge in [0.05, 0.1) is 7.11 Å². The number of hydrogen-bond acceptors (Lipinski definition) is 2. The van der Waals surface area contributed by atoms with E-state index in [1.807, 2.05) is 0 Å². The van der Waals surface area contributed by atoms with E-state index in [0.29, 0.717) is 6.04 Å². The molecule has 0 amide bonds. The van der Waals surface area contributed by atoms with Gasteiger partial charge in [-0.1, -0.05) is 13.0 Å². The normalized spacial score (nSPS) is 19.3. The van der Waals surface area contributed by atoms with Gasteiger partial charge in [0.1, 0.15) is 5.75 Å². The molecule has 88 valence electrons. The predicted octanol–water partition coefficient (Wildman–Crippen LogP) is 2.99. The molecule has 1 atom stereocenters. The number of methoxy groups -OCH3 is 1. The second kappa shape index (κ2) is 4.88. The molecule has 16 heavy (non-hydrogen) atoms. The highest BCUT2D eigenvalue weighted by molar-refractivity contribution is 5.47. The molecule has 1 unspecified atom stereocenters. The van der Waals surface area contributed by atoms with Gasteiger partial charge in [0.25, 0.3) is 0 Å². The SMILES string of the molecule is CCNC1CCCc2c(OC)ccc(C)c21. The fourth-order valence-corrected chi connectivity index (χ4v) is 2.77. The predicted molar refractivity (Wildman–Crippen MR) is 67.1 cm³/mol. The van der Waals surface area contributed by atoms with Gasteiger partial charge < -0.3 is 10.1 Å². The molecular formula is C14H21NO. The van der Waals surface area contributed by atoms with Crippen molar-refractivity contribution in [2.75, 3.05) is 13.7 Å². The lowest BCUT2D eigenvalue weighted by Crippen LogP contribution is -2.26. The highest BCUT2D eigenvalue weighted by Gasteiger charge is 2.23. The van der Waals surface area contributed by atoms with Gasteiger partial charge in [-0.25, -0.2) is 0 Å². The topological polar surface area (TPSA) is 21.3 Å². The van der Waals surface area contributed by atoms with Crippen LogP contribution in [0.15, 0.2) is 12.1 Å². The third-order valence-electron chi connectivity index (χ3n) is 3.47. The van der Waals surface area contributed by atoms with E-state index >= 15 is 0 Å². The third kappa shape index (κ3) is 1.94. The van der Waals surface area contributed by atoms with Gasteiger partial charge in [0, 0.05) is 6.04 Å². The van der Waals surface area contributed by atoms with Crippen LogP contribution in [0.5, 0.6) is 5.75 Å². The first kappa shape index (κ1) is 11.5. The van der Waals surface area contributed by atoms with E-state index in [4.69, 9.17) is 4.74 Å². The molecule has 0 aromatic heterocycles. The smallest absolute Gasteiger partial charge is 0.122 e. The highest BCUT2D eigenvalue weighted by Crippen LogP contribution is 2.37. The maximum Gasteiger partial charge on any atom is 0.122 e. The lowest BCUT2D eigenvalue weighted by atomic mass is 9.84. The standard InChI is InChI=1S/C14H21NO/c1-4-15-12-7-5-6-11-13(16-3)9-8-10(2)14(11)12/h8-9,12,15H,4-7H2,1-3H3. The largest absolute Gasteiger partial charge is 0.496 e. The van der Waals surface area contributed by atoms with Crippen LogP contribution in [0.2, 0.25) is 0 Å². The van der Waals surface area contributed by atoms with E-state index in [0.717, 1.165) is 18.7 Å². The summed E-state index contributed by atoms with van der Waals surface area (Å²) in [6, 6.07) is 4.79. The average molecular weight is 219 g/mol. The van der Waals surface area contributed by atoms with Gasteiger partial charge in [-0.05, 0) is 55.5 Å². The number of hydrogen-bond donors (Lipinski definition) is 1. The van der Waals surface area contributed by atoms with Crippen molar-refractivity contribution in [3.05, 3.63) is 28.8 Å². The summed E-state index contributed by atoms with van der Waals surface area (Å²) < 4.78 is 5.47. The van der Waals surface area contributed by atoms with Crippen LogP contribution in [0, 0.1) is 6.92 Å². The molecule has 1 aromatic carbocycles. The molecule has 0 saturated heterocycles. The molecule has 2 nitrogen and oxygen atoms in total. The van der Waals surface area contributed by atoms with Gasteiger partial charge in [-0.3, -0.25) is 0 Å². The van der Waals surface area contributed by atoms with Crippen molar-refractivity contribution in [3.63, 3.8) is 0 Å². The van der Waals surface area contributed by atoms with Crippen molar-refractivity contribution in [2.45, 2.75) is 39.2 Å². The molecule has 2 rings (SSSR count). The number of aryl methyl sites for hydroxylation is 1. The first-order valence-corrected chi connectivity index (χ1v) is 6.17. The molecular weight excluding hydrogens is 198 g/mol. The van der Waals surface area contributed by atoms with Gasteiger partial charge in [0.2, 0.25) is 0 Å². The van der Waals surface area contributed by atoms with Gasteiger partial charge in [-0.2, -0.15) is 0 Å². The monoisotopic (exact) mass is 219 g/mol. The van der Waals surface area contributed by atoms with Crippen LogP contribution in [0.1, 0.15) is 42.5 Å². The van der Waals surface area contributed by atoms with E-state index in [2.05, 4.69) is 31.3 Å². The summed E-state index contributed by atoms with van der Waals surface area (Å²) in [7, 11) is 1.77. The molecule has 0 bridgehead atoms. The summed E-state index contributed by atoms with van der Waals surface area (Å²) in [6.07, 6.45) is 3.65. The van der Waals surface area contributed by atoms with E-state index in [9.17, 15) is 0 Å². The van der Waals surface area contributed by atoms with Crippen molar-refractivity contribution >= 4 is 0 Å². The summed E-state index contributed by atoms with van der Waals surface area (Å²) in [5.74, 6) is 1.06. The van der Waals surface area contributed by atoms with E-state index in [1.165, 1.54) is 29.5 Å². The Balaban J connectivity index is 2.45. The number of nitrogens with one attached hydrogen (secondary N) is 1. The zero-order chi connectivity index (χ0) is 11.5. The van der Waals surface area contributed by atoms with E-state index < -0.39 is 0 Å². The first-order valence-electron chi connectivity index (χ1n) is 6.17. The Morgan fingerprint density at radius 2 is 2.25 bits per heavy atom. The maximum atomic E-state index is 5.47. The van der Waals surface area contributed by atoms with Gasteiger partial charge in [-0.15, -0.1) is 0 Å². The Morgan fingerprint density at radius 1 is 1.44 bits per heavy atom. The second-order valence-corrected chi connectivity index (χ2v) is 4.48. The quantitative estimate of drug-likeness (QED) is 0.844. The number of ether oxygens (including phenoxy) is 1. The van der Waals surface area contributed by atoms with Crippen molar-refractivity contribution in [3.8, 4) is 5.75 Å². The van der Waals surface area contributed by atoms with Crippen LogP contribution in [-0.4, -0.2) is 13.7 Å². The molecule has 0 saturated carbocycles. The third-order valence-corrected chi connectivity index (χ3v) is 3.47. The molecule has 0 spiro atoms. The fraction of sp³-hybridized carbons (Fsp3) is 0.571. The average Bonchev–Trinajstić information content (AvgIpc) is 2.30. The summed E-state index contributed by atoms with van der Waals surface area (Å²) in [4.78, 5) is 0. The van der Waals surface area contributed by atoms with Crippen molar-refractivity contribution in [1.29, 1.82) is 0 Å². The number of benzene rings is 1. The molecule has 1 aliphatic rings. The Kier molecular flexibility index (Phi) is 3.49. The number of fused-ring (bicyclic) bond motifs is 1. The summed E-state index contributed by atoms with van der Waals surface area (Å²) >= 11 is 0. The lowest BCUT2D eigenvalue weighted by Gasteiger charge is -2.29. The van der Waals surface area contributed by atoms with Crippen molar-refractivity contribution in [2.24, 2.45) is 0 Å². The minimum Gasteiger partial charge on any atom is -0.496 e. The molecule has 1 N–H and O–H groups in total. The van der Waals surface area contributed by atoms with Crippen LogP contribution in [0.25, 0.3) is 0 Å². The summed E-state index contributed by atoms with van der Waals surface area (Å²) in [5.41, 5.74) is 4.29. The zero-order valence-electron chi connectivity index (χ0n) is 10.5. The van der Waals surface area contributed by atoms with Crippen molar-refractivity contribution in [1.82, 2.24) is 5.32 Å². The molecule has 0 heterocycles. The van der Waals surface area contributed by atoms with Gasteiger partial charge >= 0.3 is 0 Å². The fourth-order valence-electron chi connectivity index (χ4n) is 2.77. The summed E-state index contributed by atoms with van der Waals surface area (Å²) in [5, 5.41) is 3.58. The molecule has 0 radical (unpaired) electrons. The lowest BCUT2D eigenvalue weighted by molar-refractivity contribution is 0.396. The molecule has 0 aliphatic heterocycles. The highest BCUT2D eigenvalue weighted by atomic mass is 16.5. The van der Waals surface area contributed by atoms with E-state index in [1.54, 1.807) is 7.11 Å². The minimum atomic E-state index is 0.517. The van der Waals surface area contributed by atoms with Crippen LogP contribution in [0.3, 0.4) is 0 Å². The van der Waals surface area contributed by atoms with Crippen LogP contribution >= 0.6 is 0 Å². The Bertz CT molecular complexity index is 373. The zero-order valence-corrected chi connectivity index (χ0v) is 10.5. The van der Waals surface area contributed by atoms with Crippen LogP contribution in [0.4, 0.5) is 0 Å². The maximum absolute atomic E-state index is 5.47. The van der Waals surface area contributed by atoms with E-state index in [-0.39, 0.29) is 0 Å². The molecule has 0 fully saturated rings. The Hall–Kier alpha value is -1.02. The molecule has 1 aliphatic carbocycles. The number of rotatable bonds is 3. The Labute approximate surface area is 98.0 Å². The second-order valence-electron chi connectivity index (χ2n) is 4.48. The molecule has 1 aromatic rings. The summed E-state index contributed by atoms with van der Waals surface area (Å²) in [6.45, 7) is 5.40. The van der Waals surface area contributed by atoms with Crippen LogP contribution < -0.4 is 10.1 Å². The molecule has 2 heteroatoms. The first-order chi connectivity index (χ1) is 7.77. The minimum absolute atomic E-state index is 0.517. The van der Waals surface area contributed by atoms with Crippen molar-refractivity contribution < 1.29 is 4.74 Å². The van der Waals surface area contributed by atoms with Crippen LogP contribution in [-0.2, 0) is 6.42 Å². The Morgan fingerprint density at radius 3 is 2.94 bits per heavy atom. The van der Waals surface area contributed by atoms with Gasteiger partial charge in [0.15, 0.2) is 0 Å².